The predicted molar refractivity (Wildman–Crippen MR) is 103 cm³/mol. The number of hydrogen-bond donors (Lipinski definition) is 1. The Kier molecular flexibility index (Phi) is 5.86. The van der Waals surface area contributed by atoms with Gasteiger partial charge in [-0.05, 0) is 43.9 Å². The summed E-state index contributed by atoms with van der Waals surface area (Å²) in [5.41, 5.74) is 2.44. The van der Waals surface area contributed by atoms with Crippen molar-refractivity contribution >= 4 is 17.7 Å². The molecule has 7 heteroatoms. The fraction of sp³-hybridized carbons (Fsp3) is 0.409. The number of dihydropyridines is 1. The predicted octanol–water partition coefficient (Wildman–Crippen LogP) is 3.00. The van der Waals surface area contributed by atoms with E-state index in [2.05, 4.69) is 5.32 Å². The molecule has 3 rings (SSSR count). The van der Waals surface area contributed by atoms with Crippen LogP contribution in [0.3, 0.4) is 0 Å². The normalized spacial score (nSPS) is 24.0. The standard InChI is InChI=1S/C22H24FNO5/c1-5-29-22(27)17-12(3)24-15-10-11(2)16(21(26)28-4)20(25)19(15)18(17)13-6-8-14(23)9-7-13/h6-9,11,16,18,24H,5,10H2,1-4H3/t11-,16-,18+/m1/s1. The zero-order valence-corrected chi connectivity index (χ0v) is 16.9. The van der Waals surface area contributed by atoms with Crippen LogP contribution in [0.4, 0.5) is 4.39 Å². The molecular weight excluding hydrogens is 377 g/mol. The van der Waals surface area contributed by atoms with Crippen molar-refractivity contribution in [1.82, 2.24) is 5.32 Å². The first-order valence-corrected chi connectivity index (χ1v) is 9.55. The quantitative estimate of drug-likeness (QED) is 0.617. The number of carbonyl (C=O) groups is 3. The molecule has 1 N–H and O–H groups in total. The molecule has 1 aliphatic carbocycles. The topological polar surface area (TPSA) is 81.7 Å². The van der Waals surface area contributed by atoms with Crippen molar-refractivity contribution in [3.63, 3.8) is 0 Å². The lowest BCUT2D eigenvalue weighted by molar-refractivity contribution is -0.151. The molecule has 1 aliphatic heterocycles. The van der Waals surface area contributed by atoms with Gasteiger partial charge in [-0.25, -0.2) is 9.18 Å². The number of Topliss-reactive ketones (excluding diaryl/α,β-unsaturated/α-hetero) is 1. The molecule has 0 bridgehead atoms. The lowest BCUT2D eigenvalue weighted by atomic mass is 9.69. The number of allylic oxidation sites excluding steroid dienone is 3. The van der Waals surface area contributed by atoms with Crippen LogP contribution in [0.5, 0.6) is 0 Å². The van der Waals surface area contributed by atoms with Crippen molar-refractivity contribution in [1.29, 1.82) is 0 Å². The van der Waals surface area contributed by atoms with Gasteiger partial charge < -0.3 is 14.8 Å². The van der Waals surface area contributed by atoms with Gasteiger partial charge in [0, 0.05) is 22.9 Å². The second-order valence-corrected chi connectivity index (χ2v) is 7.31. The summed E-state index contributed by atoms with van der Waals surface area (Å²) in [6.45, 7) is 5.43. The molecule has 0 saturated carbocycles. The van der Waals surface area contributed by atoms with Gasteiger partial charge in [0.15, 0.2) is 5.78 Å². The Morgan fingerprint density at radius 3 is 2.48 bits per heavy atom. The van der Waals surface area contributed by atoms with Crippen LogP contribution in [0.15, 0.2) is 46.8 Å². The molecule has 0 spiro atoms. The van der Waals surface area contributed by atoms with Crippen molar-refractivity contribution in [3.8, 4) is 0 Å². The Labute approximate surface area is 168 Å². The number of ether oxygens (including phenoxy) is 2. The van der Waals surface area contributed by atoms with Gasteiger partial charge in [-0.2, -0.15) is 0 Å². The molecule has 0 saturated heterocycles. The third-order valence-electron chi connectivity index (χ3n) is 5.44. The third-order valence-corrected chi connectivity index (χ3v) is 5.44. The number of halogens is 1. The molecule has 154 valence electrons. The second kappa shape index (κ2) is 8.19. The molecule has 0 unspecified atom stereocenters. The summed E-state index contributed by atoms with van der Waals surface area (Å²) >= 11 is 0. The Hall–Kier alpha value is -2.96. The van der Waals surface area contributed by atoms with E-state index in [1.165, 1.54) is 19.2 Å². The molecule has 1 aromatic carbocycles. The Balaban J connectivity index is 2.18. The van der Waals surface area contributed by atoms with Crippen molar-refractivity contribution in [2.24, 2.45) is 11.8 Å². The number of hydrogen-bond acceptors (Lipinski definition) is 6. The summed E-state index contributed by atoms with van der Waals surface area (Å²) in [5, 5.41) is 3.17. The lowest BCUT2D eigenvalue weighted by Crippen LogP contribution is -2.43. The fourth-order valence-electron chi connectivity index (χ4n) is 4.15. The summed E-state index contributed by atoms with van der Waals surface area (Å²) in [6, 6.07) is 5.65. The van der Waals surface area contributed by atoms with Gasteiger partial charge in [0.1, 0.15) is 11.7 Å². The van der Waals surface area contributed by atoms with Gasteiger partial charge in [0.25, 0.3) is 0 Å². The summed E-state index contributed by atoms with van der Waals surface area (Å²) in [4.78, 5) is 38.5. The van der Waals surface area contributed by atoms with E-state index in [-0.39, 0.29) is 23.9 Å². The molecular formula is C22H24FNO5. The number of carbonyl (C=O) groups excluding carboxylic acids is 3. The van der Waals surface area contributed by atoms with Gasteiger partial charge in [-0.3, -0.25) is 9.59 Å². The minimum absolute atomic E-state index is 0.174. The SMILES string of the molecule is CCOC(=O)C1=C(C)NC2=C(C(=O)[C@H](C(=O)OC)[C@H](C)C2)[C@H]1c1ccc(F)cc1. The molecule has 6 nitrogen and oxygen atoms in total. The summed E-state index contributed by atoms with van der Waals surface area (Å²) in [5.74, 6) is -3.93. The first-order valence-electron chi connectivity index (χ1n) is 9.55. The Morgan fingerprint density at radius 1 is 1.24 bits per heavy atom. The highest BCUT2D eigenvalue weighted by atomic mass is 19.1. The minimum atomic E-state index is -0.953. The van der Waals surface area contributed by atoms with Crippen molar-refractivity contribution in [2.75, 3.05) is 13.7 Å². The van der Waals surface area contributed by atoms with E-state index in [9.17, 15) is 18.8 Å². The summed E-state index contributed by atoms with van der Waals surface area (Å²) < 4.78 is 23.6. The molecule has 3 atom stereocenters. The molecule has 0 radical (unpaired) electrons. The zero-order valence-electron chi connectivity index (χ0n) is 16.9. The third kappa shape index (κ3) is 3.69. The highest BCUT2D eigenvalue weighted by Crippen LogP contribution is 2.45. The summed E-state index contributed by atoms with van der Waals surface area (Å²) in [6.07, 6.45) is 0.450. The number of esters is 2. The first-order chi connectivity index (χ1) is 13.8. The molecule has 1 aromatic rings. The van der Waals surface area contributed by atoms with Crippen molar-refractivity contribution in [2.45, 2.75) is 33.1 Å². The van der Waals surface area contributed by atoms with Crippen LogP contribution in [-0.4, -0.2) is 31.4 Å². The number of methoxy groups -OCH3 is 1. The van der Waals surface area contributed by atoms with E-state index < -0.39 is 29.6 Å². The monoisotopic (exact) mass is 401 g/mol. The number of ketones is 1. The number of nitrogens with one attached hydrogen (secondary N) is 1. The van der Waals surface area contributed by atoms with Crippen LogP contribution >= 0.6 is 0 Å². The van der Waals surface area contributed by atoms with E-state index in [1.807, 2.05) is 6.92 Å². The van der Waals surface area contributed by atoms with Gasteiger partial charge in [-0.1, -0.05) is 19.1 Å². The Bertz CT molecular complexity index is 916. The molecule has 0 aromatic heterocycles. The average Bonchev–Trinajstić information content (AvgIpc) is 2.67. The largest absolute Gasteiger partial charge is 0.468 e. The van der Waals surface area contributed by atoms with E-state index in [4.69, 9.17) is 9.47 Å². The summed E-state index contributed by atoms with van der Waals surface area (Å²) in [7, 11) is 1.25. The number of rotatable bonds is 4. The molecule has 0 fully saturated rings. The average molecular weight is 401 g/mol. The van der Waals surface area contributed by atoms with Crippen LogP contribution in [-0.2, 0) is 23.9 Å². The highest BCUT2D eigenvalue weighted by Gasteiger charge is 2.47. The smallest absolute Gasteiger partial charge is 0.336 e. The molecule has 1 heterocycles. The maximum atomic E-state index is 13.5. The van der Waals surface area contributed by atoms with E-state index in [1.54, 1.807) is 26.0 Å². The van der Waals surface area contributed by atoms with Crippen LogP contribution < -0.4 is 5.32 Å². The Morgan fingerprint density at radius 2 is 1.90 bits per heavy atom. The van der Waals surface area contributed by atoms with Gasteiger partial charge in [0.2, 0.25) is 0 Å². The fourth-order valence-corrected chi connectivity index (χ4v) is 4.15. The van der Waals surface area contributed by atoms with Crippen LogP contribution in [0.2, 0.25) is 0 Å². The van der Waals surface area contributed by atoms with Gasteiger partial charge in [-0.15, -0.1) is 0 Å². The zero-order chi connectivity index (χ0) is 21.3. The molecule has 2 aliphatic rings. The minimum Gasteiger partial charge on any atom is -0.468 e. The second-order valence-electron chi connectivity index (χ2n) is 7.31. The van der Waals surface area contributed by atoms with Gasteiger partial charge >= 0.3 is 11.9 Å². The maximum Gasteiger partial charge on any atom is 0.336 e. The van der Waals surface area contributed by atoms with Crippen LogP contribution in [0.25, 0.3) is 0 Å². The first kappa shape index (κ1) is 20.8. The van der Waals surface area contributed by atoms with E-state index >= 15 is 0 Å². The maximum absolute atomic E-state index is 13.5. The molecule has 0 amide bonds. The van der Waals surface area contributed by atoms with Crippen molar-refractivity contribution < 1.29 is 28.2 Å². The van der Waals surface area contributed by atoms with Crippen LogP contribution in [0, 0.1) is 17.7 Å². The van der Waals surface area contributed by atoms with Crippen molar-refractivity contribution in [3.05, 3.63) is 58.2 Å². The van der Waals surface area contributed by atoms with E-state index in [0.29, 0.717) is 29.0 Å². The molecule has 29 heavy (non-hydrogen) atoms. The van der Waals surface area contributed by atoms with Crippen LogP contribution in [0.1, 0.15) is 38.7 Å². The van der Waals surface area contributed by atoms with E-state index in [0.717, 1.165) is 0 Å². The highest BCUT2D eigenvalue weighted by molar-refractivity contribution is 6.12. The number of benzene rings is 1. The van der Waals surface area contributed by atoms with Gasteiger partial charge in [0.05, 0.1) is 19.3 Å². The lowest BCUT2D eigenvalue weighted by Gasteiger charge is -2.38.